The van der Waals surface area contributed by atoms with Crippen molar-refractivity contribution in [2.45, 2.75) is 6.92 Å². The minimum Gasteiger partial charge on any atom is -0.393 e. The van der Waals surface area contributed by atoms with Gasteiger partial charge in [0.1, 0.15) is 0 Å². The molecule has 0 unspecified atom stereocenters. The van der Waals surface area contributed by atoms with Crippen LogP contribution in [0.5, 0.6) is 0 Å². The van der Waals surface area contributed by atoms with Crippen LogP contribution in [0.2, 0.25) is 0 Å². The number of halogens is 2. The van der Waals surface area contributed by atoms with Crippen molar-refractivity contribution < 1.29 is 0 Å². The molecule has 0 aromatic rings. The molecule has 0 amide bonds. The van der Waals surface area contributed by atoms with Gasteiger partial charge in [0.25, 0.3) is 0 Å². The van der Waals surface area contributed by atoms with Crippen molar-refractivity contribution >= 4 is 45.2 Å². The molecule has 0 aliphatic rings. The summed E-state index contributed by atoms with van der Waals surface area (Å²) in [6.45, 7) is 1.97. The molecule has 3 heteroatoms. The zero-order valence-corrected chi connectivity index (χ0v) is 7.65. The fourth-order valence-electron chi connectivity index (χ4n) is 0. The minimum absolute atomic E-state index is 0.883. The normalized spacial score (nSPS) is 13.8. The first-order valence-electron chi connectivity index (χ1n) is 1.42. The number of hydrogen-bond donors (Lipinski definition) is 1. The Balaban J connectivity index is 3.68. The summed E-state index contributed by atoms with van der Waals surface area (Å²) >= 11 is 4.26. The molecule has 0 spiro atoms. The van der Waals surface area contributed by atoms with E-state index in [1.54, 1.807) is 0 Å². The van der Waals surface area contributed by atoms with Crippen LogP contribution in [0.25, 0.3) is 0 Å². The molecular weight excluding hydrogens is 304 g/mol. The fourth-order valence-corrected chi connectivity index (χ4v) is 0. The van der Waals surface area contributed by atoms with Crippen molar-refractivity contribution in [2.24, 2.45) is 5.73 Å². The fraction of sp³-hybridized carbons (Fsp3) is 0.333. The van der Waals surface area contributed by atoms with Crippen LogP contribution in [0, 0.1) is 0 Å². The van der Waals surface area contributed by atoms with Gasteiger partial charge in [-0.3, -0.25) is 0 Å². The second kappa shape index (κ2) is 3.06. The predicted octanol–water partition coefficient (Wildman–Crippen LogP) is 2.00. The average Bonchev–Trinajstić information content (AvgIpc) is 1.36. The van der Waals surface area contributed by atoms with Gasteiger partial charge in [-0.2, -0.15) is 0 Å². The molecule has 0 bridgehead atoms. The first-order chi connectivity index (χ1) is 2.64. The molecule has 0 aromatic heterocycles. The van der Waals surface area contributed by atoms with Crippen LogP contribution in [0.4, 0.5) is 0 Å². The molecule has 0 fully saturated rings. The van der Waals surface area contributed by atoms with Crippen molar-refractivity contribution in [3.05, 3.63) is 7.28 Å². The Labute approximate surface area is 64.6 Å². The van der Waals surface area contributed by atoms with Crippen LogP contribution >= 0.6 is 45.2 Å². The number of allylic oxidation sites excluding steroid dienone is 1. The van der Waals surface area contributed by atoms with Crippen molar-refractivity contribution in [3.8, 4) is 0 Å². The third kappa shape index (κ3) is 3.20. The lowest BCUT2D eigenvalue weighted by Gasteiger charge is -1.84. The van der Waals surface area contributed by atoms with Crippen LogP contribution in [0.1, 0.15) is 6.92 Å². The van der Waals surface area contributed by atoms with E-state index in [-0.39, 0.29) is 0 Å². The third-order valence-electron chi connectivity index (χ3n) is 0.329. The summed E-state index contributed by atoms with van der Waals surface area (Å²) in [5, 5.41) is 0. The summed E-state index contributed by atoms with van der Waals surface area (Å²) in [5.74, 6) is 0. The van der Waals surface area contributed by atoms with Crippen molar-refractivity contribution in [2.75, 3.05) is 0 Å². The van der Waals surface area contributed by atoms with Crippen LogP contribution in [-0.2, 0) is 0 Å². The van der Waals surface area contributed by atoms with Crippen LogP contribution in [0.15, 0.2) is 7.28 Å². The summed E-state index contributed by atoms with van der Waals surface area (Å²) in [5.41, 5.74) is 5.29. The minimum atomic E-state index is 0.883. The lowest BCUT2D eigenvalue weighted by atomic mass is 10.7. The van der Waals surface area contributed by atoms with Gasteiger partial charge in [-0.1, -0.05) is 0 Å². The molecule has 6 heavy (non-hydrogen) atoms. The van der Waals surface area contributed by atoms with Crippen LogP contribution < -0.4 is 5.73 Å². The lowest BCUT2D eigenvalue weighted by Crippen LogP contribution is -1.85. The summed E-state index contributed by atoms with van der Waals surface area (Å²) in [4.78, 5) is 0. The highest BCUT2D eigenvalue weighted by molar-refractivity contribution is 14.1. The van der Waals surface area contributed by atoms with Crippen molar-refractivity contribution in [3.63, 3.8) is 0 Å². The summed E-state index contributed by atoms with van der Waals surface area (Å²) in [6.07, 6.45) is 0. The first kappa shape index (κ1) is 7.00. The van der Waals surface area contributed by atoms with Gasteiger partial charge in [-0.15, -0.1) is 0 Å². The van der Waals surface area contributed by atoms with Gasteiger partial charge in [-0.25, -0.2) is 0 Å². The smallest absolute Gasteiger partial charge is 0.0796 e. The molecule has 0 aliphatic carbocycles. The van der Waals surface area contributed by atoms with Gasteiger partial charge < -0.3 is 5.73 Å². The molecule has 0 aromatic carbocycles. The Hall–Kier alpha value is 1.00. The largest absolute Gasteiger partial charge is 0.393 e. The van der Waals surface area contributed by atoms with Crippen molar-refractivity contribution in [1.82, 2.24) is 0 Å². The molecular formula is C3H5I2N. The molecule has 0 aliphatic heterocycles. The molecule has 1 nitrogen and oxygen atoms in total. The summed E-state index contributed by atoms with van der Waals surface area (Å²) < 4.78 is 2.04. The highest BCUT2D eigenvalue weighted by Crippen LogP contribution is 2.11. The first-order valence-corrected chi connectivity index (χ1v) is 3.57. The Morgan fingerprint density at radius 2 is 1.67 bits per heavy atom. The molecule has 0 atom stereocenters. The highest BCUT2D eigenvalue weighted by Gasteiger charge is 1.80. The Kier molecular flexibility index (Phi) is 3.57. The second-order valence-electron chi connectivity index (χ2n) is 0.881. The molecule has 2 N–H and O–H groups in total. The van der Waals surface area contributed by atoms with E-state index in [1.807, 2.05) is 6.92 Å². The van der Waals surface area contributed by atoms with Gasteiger partial charge in [0.2, 0.25) is 0 Å². The molecule has 36 valence electrons. The van der Waals surface area contributed by atoms with E-state index in [0.717, 1.165) is 7.28 Å². The SMILES string of the molecule is C/C(I)=C(\N)I. The predicted molar refractivity (Wildman–Crippen MR) is 44.9 cm³/mol. The Bertz CT molecular complexity index is 58.9. The highest BCUT2D eigenvalue weighted by atomic mass is 127. The van der Waals surface area contributed by atoms with E-state index < -0.39 is 0 Å². The van der Waals surface area contributed by atoms with Gasteiger partial charge in [0.05, 0.1) is 3.70 Å². The van der Waals surface area contributed by atoms with E-state index in [1.165, 1.54) is 0 Å². The Morgan fingerprint density at radius 3 is 1.67 bits per heavy atom. The maximum absolute atomic E-state index is 5.29. The van der Waals surface area contributed by atoms with Gasteiger partial charge in [0.15, 0.2) is 0 Å². The van der Waals surface area contributed by atoms with E-state index in [0.29, 0.717) is 0 Å². The van der Waals surface area contributed by atoms with Gasteiger partial charge >= 0.3 is 0 Å². The molecule has 0 saturated heterocycles. The number of nitrogens with two attached hydrogens (primary N) is 1. The van der Waals surface area contributed by atoms with E-state index in [9.17, 15) is 0 Å². The lowest BCUT2D eigenvalue weighted by molar-refractivity contribution is 1.52. The van der Waals surface area contributed by atoms with Crippen LogP contribution in [0.3, 0.4) is 0 Å². The molecule has 0 rings (SSSR count). The Morgan fingerprint density at radius 1 is 1.50 bits per heavy atom. The third-order valence-corrected chi connectivity index (χ3v) is 2.75. The summed E-state index contributed by atoms with van der Waals surface area (Å²) in [6, 6.07) is 0. The zero-order valence-electron chi connectivity index (χ0n) is 3.33. The van der Waals surface area contributed by atoms with Crippen molar-refractivity contribution in [1.29, 1.82) is 0 Å². The molecule has 0 radical (unpaired) electrons. The van der Waals surface area contributed by atoms with E-state index in [2.05, 4.69) is 45.2 Å². The average molecular weight is 309 g/mol. The maximum atomic E-state index is 5.29. The van der Waals surface area contributed by atoms with Crippen LogP contribution in [-0.4, -0.2) is 0 Å². The molecule has 0 heterocycles. The van der Waals surface area contributed by atoms with Gasteiger partial charge in [0, 0.05) is 3.58 Å². The quantitative estimate of drug-likeness (QED) is 0.538. The topological polar surface area (TPSA) is 26.0 Å². The second-order valence-corrected chi connectivity index (χ2v) is 3.66. The van der Waals surface area contributed by atoms with E-state index >= 15 is 0 Å². The number of hydrogen-bond acceptors (Lipinski definition) is 1. The standard InChI is InChI=1S/C3H5I2N/c1-2(4)3(5)6/h6H2,1H3/b3-2+. The van der Waals surface area contributed by atoms with Gasteiger partial charge in [-0.05, 0) is 52.1 Å². The number of rotatable bonds is 0. The monoisotopic (exact) mass is 309 g/mol. The molecule has 0 saturated carbocycles. The van der Waals surface area contributed by atoms with E-state index in [4.69, 9.17) is 5.73 Å². The summed E-state index contributed by atoms with van der Waals surface area (Å²) in [7, 11) is 0. The maximum Gasteiger partial charge on any atom is 0.0796 e. The zero-order chi connectivity index (χ0) is 5.15.